The molecule has 0 aliphatic carbocycles. The molecule has 0 fully saturated rings. The van der Waals surface area contributed by atoms with E-state index in [-0.39, 0.29) is 19.4 Å². The number of carbonyl (C=O) groups is 3. The molecule has 0 bridgehead atoms. The molecule has 3 atom stereocenters. The fourth-order valence-electron chi connectivity index (χ4n) is 6.32. The third-order valence-corrected chi connectivity index (χ3v) is 10.9. The van der Waals surface area contributed by atoms with Gasteiger partial charge in [0.25, 0.3) is 0 Å². The van der Waals surface area contributed by atoms with Crippen molar-refractivity contribution in [3.8, 4) is 0 Å². The van der Waals surface area contributed by atoms with Gasteiger partial charge in [0, 0.05) is 12.8 Å². The van der Waals surface area contributed by atoms with Crippen LogP contribution in [-0.4, -0.2) is 59.9 Å². The summed E-state index contributed by atoms with van der Waals surface area (Å²) < 4.78 is 32.7. The molecule has 0 spiro atoms. The average molecular weight is 842 g/mol. The highest BCUT2D eigenvalue weighted by atomic mass is 31.2. The lowest BCUT2D eigenvalue weighted by Crippen LogP contribution is -2.34. The second-order valence-electron chi connectivity index (χ2n) is 15.5. The van der Waals surface area contributed by atoms with Gasteiger partial charge in [0.2, 0.25) is 0 Å². The Morgan fingerprint density at radius 1 is 0.552 bits per heavy atom. The molecule has 338 valence electrons. The zero-order valence-corrected chi connectivity index (χ0v) is 37.5. The van der Waals surface area contributed by atoms with Gasteiger partial charge in [-0.1, -0.05) is 185 Å². The van der Waals surface area contributed by atoms with E-state index in [1.54, 1.807) is 0 Å². The number of carbonyl (C=O) groups excluding carboxylic acids is 2. The van der Waals surface area contributed by atoms with E-state index in [1.165, 1.54) is 96.3 Å². The minimum absolute atomic E-state index is 0.143. The lowest BCUT2D eigenvalue weighted by Gasteiger charge is -2.20. The lowest BCUT2D eigenvalue weighted by molar-refractivity contribution is -0.161. The minimum Gasteiger partial charge on any atom is -0.480 e. The summed E-state index contributed by atoms with van der Waals surface area (Å²) in [4.78, 5) is 46.0. The molecule has 0 radical (unpaired) electrons. The zero-order chi connectivity index (χ0) is 42.8. The molecule has 0 aromatic heterocycles. The maximum absolute atomic E-state index is 12.6. The number of carboxylic acids is 1. The first-order valence-electron chi connectivity index (χ1n) is 23.0. The number of unbranched alkanes of at least 4 members (excludes halogenated alkanes) is 23. The van der Waals surface area contributed by atoms with Gasteiger partial charge in [0.05, 0.1) is 13.2 Å². The number of hydrogen-bond donors (Lipinski definition) is 3. The minimum atomic E-state index is -4.72. The third-order valence-electron chi connectivity index (χ3n) is 9.90. The molecule has 58 heavy (non-hydrogen) atoms. The Kier molecular flexibility index (Phi) is 39.8. The molecule has 0 heterocycles. The van der Waals surface area contributed by atoms with Crippen molar-refractivity contribution in [2.24, 2.45) is 5.73 Å². The molecule has 0 saturated heterocycles. The van der Waals surface area contributed by atoms with E-state index in [4.69, 9.17) is 24.8 Å². The van der Waals surface area contributed by atoms with Gasteiger partial charge < -0.3 is 25.2 Å². The second kappa shape index (κ2) is 41.4. The van der Waals surface area contributed by atoms with E-state index < -0.39 is 51.1 Å². The summed E-state index contributed by atoms with van der Waals surface area (Å²) >= 11 is 0. The first-order chi connectivity index (χ1) is 28.1. The lowest BCUT2D eigenvalue weighted by atomic mass is 10.0. The molecular formula is C46H84NO10P. The molecule has 12 heteroatoms. The van der Waals surface area contributed by atoms with Crippen molar-refractivity contribution in [2.45, 2.75) is 219 Å². The van der Waals surface area contributed by atoms with Gasteiger partial charge in [-0.2, -0.15) is 0 Å². The normalized spacial score (nSPS) is 14.0. The molecule has 1 unspecified atom stereocenters. The number of nitrogens with two attached hydrogens (primary N) is 1. The molecule has 0 saturated carbocycles. The molecule has 0 aliphatic heterocycles. The van der Waals surface area contributed by atoms with Crippen LogP contribution in [-0.2, 0) is 37.5 Å². The molecule has 0 aromatic rings. The zero-order valence-electron chi connectivity index (χ0n) is 36.6. The summed E-state index contributed by atoms with van der Waals surface area (Å²) in [6.45, 7) is 2.70. The van der Waals surface area contributed by atoms with Crippen molar-refractivity contribution < 1.29 is 47.5 Å². The van der Waals surface area contributed by atoms with Gasteiger partial charge in [-0.15, -0.1) is 0 Å². The van der Waals surface area contributed by atoms with Gasteiger partial charge >= 0.3 is 25.7 Å². The Morgan fingerprint density at radius 3 is 1.45 bits per heavy atom. The van der Waals surface area contributed by atoms with Crippen LogP contribution in [0.15, 0.2) is 36.5 Å². The SMILES string of the molecule is CC/C=C/C/C=C/C/C=C/CCCCCCCC(=O)O[C@H](COC(=O)CCCCCCCCCCCCCCCCCCCCC)COP(=O)(O)OC[C@H](N)C(=O)O. The monoisotopic (exact) mass is 842 g/mol. The predicted octanol–water partition coefficient (Wildman–Crippen LogP) is 12.4. The van der Waals surface area contributed by atoms with Crippen molar-refractivity contribution in [2.75, 3.05) is 19.8 Å². The molecule has 0 aromatic carbocycles. The van der Waals surface area contributed by atoms with Crippen LogP contribution in [0.25, 0.3) is 0 Å². The van der Waals surface area contributed by atoms with E-state index in [2.05, 4.69) is 54.8 Å². The number of phosphoric acid groups is 1. The molecule has 11 nitrogen and oxygen atoms in total. The van der Waals surface area contributed by atoms with Crippen LogP contribution >= 0.6 is 7.82 Å². The highest BCUT2D eigenvalue weighted by molar-refractivity contribution is 7.47. The fourth-order valence-corrected chi connectivity index (χ4v) is 7.09. The number of esters is 2. The van der Waals surface area contributed by atoms with Crippen LogP contribution in [0.5, 0.6) is 0 Å². The van der Waals surface area contributed by atoms with E-state index in [0.717, 1.165) is 70.6 Å². The first kappa shape index (κ1) is 55.7. The maximum Gasteiger partial charge on any atom is 0.472 e. The maximum atomic E-state index is 12.6. The number of hydrogen-bond acceptors (Lipinski definition) is 9. The number of carboxylic acid groups (broad SMARTS) is 1. The molecule has 4 N–H and O–H groups in total. The Morgan fingerprint density at radius 2 is 0.966 bits per heavy atom. The van der Waals surface area contributed by atoms with Crippen molar-refractivity contribution in [3.63, 3.8) is 0 Å². The van der Waals surface area contributed by atoms with Crippen LogP contribution in [0.4, 0.5) is 0 Å². The molecule has 0 amide bonds. The molecule has 0 aliphatic rings. The fraction of sp³-hybridized carbons (Fsp3) is 0.804. The number of ether oxygens (including phenoxy) is 2. The van der Waals surface area contributed by atoms with E-state index in [1.807, 2.05) is 0 Å². The summed E-state index contributed by atoms with van der Waals surface area (Å²) in [7, 11) is -4.72. The Labute approximate surface area is 353 Å². The van der Waals surface area contributed by atoms with Gasteiger partial charge in [-0.3, -0.25) is 23.4 Å². The highest BCUT2D eigenvalue weighted by Crippen LogP contribution is 2.43. The quantitative estimate of drug-likeness (QED) is 0.0231. The summed E-state index contributed by atoms with van der Waals surface area (Å²) in [6, 6.07) is -1.52. The number of rotatable bonds is 43. The van der Waals surface area contributed by atoms with Crippen LogP contribution in [0.3, 0.4) is 0 Å². The van der Waals surface area contributed by atoms with Crippen LogP contribution < -0.4 is 5.73 Å². The third kappa shape index (κ3) is 40.5. The Balaban J connectivity index is 4.30. The van der Waals surface area contributed by atoms with Crippen LogP contribution in [0.1, 0.15) is 206 Å². The smallest absolute Gasteiger partial charge is 0.472 e. The van der Waals surface area contributed by atoms with E-state index >= 15 is 0 Å². The van der Waals surface area contributed by atoms with Crippen molar-refractivity contribution in [1.29, 1.82) is 0 Å². The van der Waals surface area contributed by atoms with Crippen molar-refractivity contribution in [1.82, 2.24) is 0 Å². The van der Waals surface area contributed by atoms with Gasteiger partial charge in [0.15, 0.2) is 6.10 Å². The van der Waals surface area contributed by atoms with Crippen LogP contribution in [0.2, 0.25) is 0 Å². The first-order valence-corrected chi connectivity index (χ1v) is 24.5. The van der Waals surface area contributed by atoms with E-state index in [9.17, 15) is 23.8 Å². The summed E-state index contributed by atoms with van der Waals surface area (Å²) in [5, 5.41) is 8.89. The number of allylic oxidation sites excluding steroid dienone is 6. The Hall–Kier alpha value is -2.30. The van der Waals surface area contributed by atoms with Gasteiger partial charge in [-0.05, 0) is 44.9 Å². The number of aliphatic carboxylic acids is 1. The van der Waals surface area contributed by atoms with Crippen molar-refractivity contribution >= 4 is 25.7 Å². The largest absolute Gasteiger partial charge is 0.480 e. The predicted molar refractivity (Wildman–Crippen MR) is 235 cm³/mol. The summed E-state index contributed by atoms with van der Waals surface area (Å²) in [5.74, 6) is -2.39. The molecular weight excluding hydrogens is 757 g/mol. The standard InChI is InChI=1S/C46H84NO10P/c1-3-5-7-9-11-13-15-17-19-20-21-22-24-25-27-29-31-33-35-37-44(48)54-39-42(40-55-58(52,53)56-41-43(47)46(50)51)57-45(49)38-36-34-32-30-28-26-23-18-16-14-12-10-8-6-4-2/h6,8,12,14,18,23,42-43H,3-5,7,9-11,13,15-17,19-22,24-41,47H2,1-2H3,(H,50,51)(H,52,53)/b8-6+,14-12+,23-18+/t42-,43+/m1/s1. The topological polar surface area (TPSA) is 172 Å². The van der Waals surface area contributed by atoms with Gasteiger partial charge in [0.1, 0.15) is 12.6 Å². The number of phosphoric ester groups is 1. The molecule has 0 rings (SSSR count). The Bertz CT molecular complexity index is 1130. The average Bonchev–Trinajstić information content (AvgIpc) is 3.20. The van der Waals surface area contributed by atoms with Crippen molar-refractivity contribution in [3.05, 3.63) is 36.5 Å². The van der Waals surface area contributed by atoms with Crippen LogP contribution in [0, 0.1) is 0 Å². The van der Waals surface area contributed by atoms with Gasteiger partial charge in [-0.25, -0.2) is 4.57 Å². The summed E-state index contributed by atoms with van der Waals surface area (Å²) in [6.07, 6.45) is 44.9. The second-order valence-corrected chi connectivity index (χ2v) is 17.0. The summed E-state index contributed by atoms with van der Waals surface area (Å²) in [5.41, 5.74) is 5.34. The highest BCUT2D eigenvalue weighted by Gasteiger charge is 2.28. The van der Waals surface area contributed by atoms with E-state index in [0.29, 0.717) is 12.8 Å².